The SMILES string of the molecule is Cc1nc(C=CC(=O)Nc2ccc(N=Nc3ccccc3)cc2)cs1. The number of benzene rings is 2. The highest BCUT2D eigenvalue weighted by molar-refractivity contribution is 7.09. The maximum absolute atomic E-state index is 11.9. The Hall–Kier alpha value is -3.12. The molecule has 0 saturated carbocycles. The number of rotatable bonds is 5. The second kappa shape index (κ2) is 8.12. The van der Waals surface area contributed by atoms with Crippen molar-refractivity contribution in [3.63, 3.8) is 0 Å². The Bertz CT molecular complexity index is 899. The van der Waals surface area contributed by atoms with Crippen LogP contribution >= 0.6 is 11.3 Å². The number of aromatic nitrogens is 1. The van der Waals surface area contributed by atoms with Gasteiger partial charge < -0.3 is 5.32 Å². The summed E-state index contributed by atoms with van der Waals surface area (Å²) >= 11 is 1.55. The molecule has 1 aromatic heterocycles. The number of carbonyl (C=O) groups excluding carboxylic acids is 1. The fourth-order valence-electron chi connectivity index (χ4n) is 2.02. The van der Waals surface area contributed by atoms with Crippen LogP contribution in [0.25, 0.3) is 6.08 Å². The van der Waals surface area contributed by atoms with E-state index in [1.807, 2.05) is 42.6 Å². The van der Waals surface area contributed by atoms with Crippen LogP contribution in [0.1, 0.15) is 10.7 Å². The molecule has 0 aliphatic carbocycles. The van der Waals surface area contributed by atoms with Crippen LogP contribution in [-0.4, -0.2) is 10.9 Å². The lowest BCUT2D eigenvalue weighted by Crippen LogP contribution is -2.07. The Labute approximate surface area is 149 Å². The van der Waals surface area contributed by atoms with Crippen molar-refractivity contribution in [3.8, 4) is 0 Å². The van der Waals surface area contributed by atoms with E-state index in [9.17, 15) is 4.79 Å². The van der Waals surface area contributed by atoms with Gasteiger partial charge in [-0.3, -0.25) is 4.79 Å². The monoisotopic (exact) mass is 348 g/mol. The van der Waals surface area contributed by atoms with Gasteiger partial charge in [0.25, 0.3) is 0 Å². The summed E-state index contributed by atoms with van der Waals surface area (Å²) in [4.78, 5) is 16.2. The Morgan fingerprint density at radius 2 is 1.72 bits per heavy atom. The highest BCUT2D eigenvalue weighted by Gasteiger charge is 1.99. The summed E-state index contributed by atoms with van der Waals surface area (Å²) in [7, 11) is 0. The molecular weight excluding hydrogens is 332 g/mol. The van der Waals surface area contributed by atoms with E-state index >= 15 is 0 Å². The lowest BCUT2D eigenvalue weighted by molar-refractivity contribution is -0.111. The minimum Gasteiger partial charge on any atom is -0.323 e. The van der Waals surface area contributed by atoms with Crippen LogP contribution in [-0.2, 0) is 4.79 Å². The van der Waals surface area contributed by atoms with Gasteiger partial charge in [-0.2, -0.15) is 10.2 Å². The summed E-state index contributed by atoms with van der Waals surface area (Å²) in [6.07, 6.45) is 3.17. The van der Waals surface area contributed by atoms with Gasteiger partial charge in [-0.25, -0.2) is 4.98 Å². The molecule has 1 N–H and O–H groups in total. The molecule has 1 amide bonds. The lowest BCUT2D eigenvalue weighted by atomic mass is 10.3. The molecule has 0 saturated heterocycles. The van der Waals surface area contributed by atoms with E-state index in [2.05, 4.69) is 20.5 Å². The van der Waals surface area contributed by atoms with Crippen LogP contribution in [0.15, 0.2) is 76.3 Å². The third kappa shape index (κ3) is 5.19. The smallest absolute Gasteiger partial charge is 0.248 e. The molecule has 0 bridgehead atoms. The van der Waals surface area contributed by atoms with Crippen molar-refractivity contribution in [2.24, 2.45) is 10.2 Å². The Morgan fingerprint density at radius 3 is 2.36 bits per heavy atom. The van der Waals surface area contributed by atoms with Crippen LogP contribution in [0.4, 0.5) is 17.1 Å². The molecule has 6 heteroatoms. The van der Waals surface area contributed by atoms with Crippen molar-refractivity contribution >= 4 is 40.4 Å². The van der Waals surface area contributed by atoms with Crippen LogP contribution in [0.3, 0.4) is 0 Å². The molecular formula is C19H16N4OS. The van der Waals surface area contributed by atoms with Gasteiger partial charge in [0.1, 0.15) is 0 Å². The fourth-order valence-corrected chi connectivity index (χ4v) is 2.60. The van der Waals surface area contributed by atoms with Gasteiger partial charge in [0.15, 0.2) is 0 Å². The summed E-state index contributed by atoms with van der Waals surface area (Å²) in [5, 5.41) is 14.0. The molecule has 0 fully saturated rings. The van der Waals surface area contributed by atoms with Crippen molar-refractivity contribution < 1.29 is 4.79 Å². The van der Waals surface area contributed by atoms with E-state index in [4.69, 9.17) is 0 Å². The highest BCUT2D eigenvalue weighted by atomic mass is 32.1. The Balaban J connectivity index is 1.58. The average Bonchev–Trinajstić information content (AvgIpc) is 3.06. The van der Waals surface area contributed by atoms with E-state index in [-0.39, 0.29) is 5.91 Å². The molecule has 0 aliphatic rings. The molecule has 0 unspecified atom stereocenters. The molecule has 0 aliphatic heterocycles. The molecule has 124 valence electrons. The van der Waals surface area contributed by atoms with Gasteiger partial charge in [0.2, 0.25) is 5.91 Å². The second-order valence-corrected chi connectivity index (χ2v) is 6.26. The first-order valence-corrected chi connectivity index (χ1v) is 8.55. The van der Waals surface area contributed by atoms with Crippen LogP contribution in [0.2, 0.25) is 0 Å². The van der Waals surface area contributed by atoms with E-state index in [1.165, 1.54) is 6.08 Å². The number of anilines is 1. The quantitative estimate of drug-likeness (QED) is 0.487. The standard InChI is InChI=1S/C19H16N4OS/c1-14-20-18(13-25-14)11-12-19(24)21-15-7-9-17(10-8-15)23-22-16-5-3-2-4-6-16/h2-13H,1H3,(H,21,24). The van der Waals surface area contributed by atoms with Crippen molar-refractivity contribution in [1.82, 2.24) is 4.98 Å². The first-order valence-electron chi connectivity index (χ1n) is 7.67. The molecule has 1 heterocycles. The zero-order valence-electron chi connectivity index (χ0n) is 13.6. The number of hydrogen-bond acceptors (Lipinski definition) is 5. The molecule has 25 heavy (non-hydrogen) atoms. The summed E-state index contributed by atoms with van der Waals surface area (Å²) < 4.78 is 0. The fraction of sp³-hybridized carbons (Fsp3) is 0.0526. The van der Waals surface area contributed by atoms with Gasteiger partial charge in [-0.1, -0.05) is 18.2 Å². The van der Waals surface area contributed by atoms with Crippen molar-refractivity contribution in [2.75, 3.05) is 5.32 Å². The van der Waals surface area contributed by atoms with E-state index < -0.39 is 0 Å². The topological polar surface area (TPSA) is 66.7 Å². The molecule has 0 atom stereocenters. The maximum Gasteiger partial charge on any atom is 0.248 e. The van der Waals surface area contributed by atoms with Gasteiger partial charge in [-0.15, -0.1) is 11.3 Å². The summed E-state index contributed by atoms with van der Waals surface area (Å²) in [5.41, 5.74) is 3.00. The highest BCUT2D eigenvalue weighted by Crippen LogP contribution is 2.20. The Morgan fingerprint density at radius 1 is 1.04 bits per heavy atom. The molecule has 0 spiro atoms. The van der Waals surface area contributed by atoms with Crippen LogP contribution < -0.4 is 5.32 Å². The molecule has 3 rings (SSSR count). The van der Waals surface area contributed by atoms with Gasteiger partial charge in [-0.05, 0) is 49.4 Å². The number of thiazole rings is 1. The largest absolute Gasteiger partial charge is 0.323 e. The molecule has 0 radical (unpaired) electrons. The van der Waals surface area contributed by atoms with Gasteiger partial charge in [0.05, 0.1) is 22.1 Å². The number of nitrogens with zero attached hydrogens (tertiary/aromatic N) is 3. The van der Waals surface area contributed by atoms with Crippen molar-refractivity contribution in [2.45, 2.75) is 6.92 Å². The number of aryl methyl sites for hydroxylation is 1. The number of nitrogens with one attached hydrogen (secondary N) is 1. The number of azo groups is 1. The predicted octanol–water partition coefficient (Wildman–Crippen LogP) is 5.52. The molecule has 3 aromatic rings. The average molecular weight is 348 g/mol. The third-order valence-electron chi connectivity index (χ3n) is 3.21. The summed E-state index contributed by atoms with van der Waals surface area (Å²) in [5.74, 6) is -0.204. The molecule has 5 nitrogen and oxygen atoms in total. The second-order valence-electron chi connectivity index (χ2n) is 5.20. The minimum atomic E-state index is -0.204. The van der Waals surface area contributed by atoms with E-state index in [1.54, 1.807) is 41.7 Å². The first-order chi connectivity index (χ1) is 12.2. The van der Waals surface area contributed by atoms with E-state index in [0.717, 1.165) is 22.1 Å². The van der Waals surface area contributed by atoms with Gasteiger partial charge in [0, 0.05) is 17.1 Å². The van der Waals surface area contributed by atoms with Crippen LogP contribution in [0.5, 0.6) is 0 Å². The zero-order valence-corrected chi connectivity index (χ0v) is 14.4. The van der Waals surface area contributed by atoms with Crippen LogP contribution in [0, 0.1) is 6.92 Å². The maximum atomic E-state index is 11.9. The number of amides is 1. The minimum absolute atomic E-state index is 0.204. The Kier molecular flexibility index (Phi) is 5.43. The number of hydrogen-bond donors (Lipinski definition) is 1. The zero-order chi connectivity index (χ0) is 17.5. The van der Waals surface area contributed by atoms with E-state index in [0.29, 0.717) is 5.69 Å². The summed E-state index contributed by atoms with van der Waals surface area (Å²) in [6, 6.07) is 16.7. The number of carbonyl (C=O) groups is 1. The van der Waals surface area contributed by atoms with Crippen molar-refractivity contribution in [1.29, 1.82) is 0 Å². The summed E-state index contributed by atoms with van der Waals surface area (Å²) in [6.45, 7) is 1.93. The predicted molar refractivity (Wildman–Crippen MR) is 102 cm³/mol. The lowest BCUT2D eigenvalue weighted by Gasteiger charge is -2.01. The first kappa shape index (κ1) is 16.7. The molecule has 2 aromatic carbocycles. The van der Waals surface area contributed by atoms with Gasteiger partial charge >= 0.3 is 0 Å². The third-order valence-corrected chi connectivity index (χ3v) is 4.01. The normalized spacial score (nSPS) is 11.2. The van der Waals surface area contributed by atoms with Crippen molar-refractivity contribution in [3.05, 3.63) is 76.8 Å².